The number of rotatable bonds is 5. The molecule has 0 rings (SSSR count). The van der Waals surface area contributed by atoms with Crippen LogP contribution < -0.4 is 0 Å². The molecule has 0 aliphatic heterocycles. The van der Waals surface area contributed by atoms with E-state index in [4.69, 9.17) is 4.74 Å². The Morgan fingerprint density at radius 3 is 2.42 bits per heavy atom. The summed E-state index contributed by atoms with van der Waals surface area (Å²) in [6.45, 7) is 9.72. The summed E-state index contributed by atoms with van der Waals surface area (Å²) in [7, 11) is 4.05. The summed E-state index contributed by atoms with van der Waals surface area (Å²) in [5, 5.41) is 0. The monoisotopic (exact) mass is 169 g/mol. The molecule has 0 saturated heterocycles. The average Bonchev–Trinajstić information content (AvgIpc) is 1.96. The normalized spacial score (nSPS) is 12.3. The maximum Gasteiger partial charge on any atom is 0.160 e. The minimum atomic E-state index is 0.507. The van der Waals surface area contributed by atoms with Gasteiger partial charge in [-0.15, -0.1) is 0 Å². The summed E-state index contributed by atoms with van der Waals surface area (Å²) in [4.78, 5) is 2.08. The van der Waals surface area contributed by atoms with Crippen LogP contribution in [-0.4, -0.2) is 25.6 Å². The van der Waals surface area contributed by atoms with Gasteiger partial charge < -0.3 is 9.64 Å². The van der Waals surface area contributed by atoms with Gasteiger partial charge in [-0.2, -0.15) is 0 Å². The Bertz CT molecular complexity index is 129. The lowest BCUT2D eigenvalue weighted by atomic mass is 10.1. The van der Waals surface area contributed by atoms with Crippen molar-refractivity contribution in [1.29, 1.82) is 0 Å². The van der Waals surface area contributed by atoms with Gasteiger partial charge in [0, 0.05) is 26.4 Å². The predicted molar refractivity (Wildman–Crippen MR) is 51.5 cm³/mol. The van der Waals surface area contributed by atoms with Crippen LogP contribution in [0.15, 0.2) is 11.8 Å². The Morgan fingerprint density at radius 2 is 2.08 bits per heavy atom. The largest absolute Gasteiger partial charge is 0.381 e. The molecule has 0 amide bonds. The van der Waals surface area contributed by atoms with Crippen molar-refractivity contribution in [2.75, 3.05) is 20.7 Å². The smallest absolute Gasteiger partial charge is 0.160 e. The van der Waals surface area contributed by atoms with E-state index in [0.717, 1.165) is 0 Å². The molecule has 0 atom stereocenters. The molecule has 2 heteroatoms. The molecule has 0 bridgehead atoms. The summed E-state index contributed by atoms with van der Waals surface area (Å²) < 4.78 is 5.01. The molecule has 0 aromatic rings. The molecule has 0 aliphatic rings. The Morgan fingerprint density at radius 1 is 1.50 bits per heavy atom. The summed E-state index contributed by atoms with van der Waals surface area (Å²) >= 11 is 0. The fraction of sp³-hybridized carbons (Fsp3) is 0.700. The van der Waals surface area contributed by atoms with Gasteiger partial charge in [-0.3, -0.25) is 0 Å². The minimum absolute atomic E-state index is 0.507. The van der Waals surface area contributed by atoms with Gasteiger partial charge in [0.15, 0.2) is 6.61 Å². The number of allylic oxidation sites excluding steroid dienone is 1. The van der Waals surface area contributed by atoms with E-state index in [1.165, 1.54) is 5.70 Å². The number of hydrogen-bond donors (Lipinski definition) is 0. The van der Waals surface area contributed by atoms with Gasteiger partial charge in [-0.25, -0.2) is 0 Å². The van der Waals surface area contributed by atoms with Crippen LogP contribution in [0, 0.1) is 12.5 Å². The van der Waals surface area contributed by atoms with Gasteiger partial charge in [0.1, 0.15) is 0 Å². The molecule has 2 nitrogen and oxygen atoms in total. The number of ether oxygens (including phenoxy) is 1. The molecular formula is C10H19NO. The molecule has 0 spiro atoms. The lowest BCUT2D eigenvalue weighted by Gasteiger charge is -2.20. The molecule has 0 aromatic carbocycles. The van der Waals surface area contributed by atoms with Crippen molar-refractivity contribution in [2.45, 2.75) is 20.8 Å². The van der Waals surface area contributed by atoms with E-state index in [2.05, 4.69) is 25.4 Å². The second-order valence-electron chi connectivity index (χ2n) is 3.17. The van der Waals surface area contributed by atoms with Crippen molar-refractivity contribution in [3.05, 3.63) is 18.4 Å². The quantitative estimate of drug-likeness (QED) is 0.585. The molecule has 0 aromatic heterocycles. The van der Waals surface area contributed by atoms with Crippen molar-refractivity contribution >= 4 is 0 Å². The van der Waals surface area contributed by atoms with Crippen LogP contribution in [0.4, 0.5) is 0 Å². The van der Waals surface area contributed by atoms with Crippen LogP contribution in [0.25, 0.3) is 0 Å². The zero-order valence-corrected chi connectivity index (χ0v) is 8.72. The van der Waals surface area contributed by atoms with E-state index in [1.54, 1.807) is 0 Å². The molecule has 0 aliphatic carbocycles. The highest BCUT2D eigenvalue weighted by atomic mass is 16.5. The molecule has 2 radical (unpaired) electrons. The fourth-order valence-electron chi connectivity index (χ4n) is 0.998. The maximum absolute atomic E-state index is 5.01. The van der Waals surface area contributed by atoms with Crippen LogP contribution in [0.2, 0.25) is 0 Å². The zero-order valence-electron chi connectivity index (χ0n) is 8.72. The topological polar surface area (TPSA) is 12.5 Å². The molecule has 0 N–H and O–H groups in total. The Labute approximate surface area is 76.2 Å². The van der Waals surface area contributed by atoms with E-state index in [9.17, 15) is 0 Å². The fourth-order valence-corrected chi connectivity index (χ4v) is 0.998. The first-order valence-electron chi connectivity index (χ1n) is 4.34. The highest BCUT2D eigenvalue weighted by Gasteiger charge is 2.04. The van der Waals surface area contributed by atoms with Crippen molar-refractivity contribution in [1.82, 2.24) is 4.90 Å². The van der Waals surface area contributed by atoms with Crippen LogP contribution in [0.1, 0.15) is 20.8 Å². The van der Waals surface area contributed by atoms with Crippen LogP contribution in [0.3, 0.4) is 0 Å². The summed E-state index contributed by atoms with van der Waals surface area (Å²) in [6, 6.07) is 0. The number of hydrogen-bond acceptors (Lipinski definition) is 2. The third-order valence-electron chi connectivity index (χ3n) is 1.54. The van der Waals surface area contributed by atoms with E-state index in [1.807, 2.05) is 27.1 Å². The molecular weight excluding hydrogens is 150 g/mol. The maximum atomic E-state index is 5.01. The highest BCUT2D eigenvalue weighted by Crippen LogP contribution is 2.12. The molecule has 0 fully saturated rings. The zero-order chi connectivity index (χ0) is 9.56. The SMILES string of the molecule is CCO[C]/C=C(\C(C)C)N(C)C. The van der Waals surface area contributed by atoms with E-state index in [0.29, 0.717) is 12.5 Å². The number of nitrogens with zero attached hydrogens (tertiary/aromatic N) is 1. The first-order chi connectivity index (χ1) is 5.59. The first kappa shape index (κ1) is 11.5. The van der Waals surface area contributed by atoms with E-state index >= 15 is 0 Å². The average molecular weight is 169 g/mol. The van der Waals surface area contributed by atoms with Crippen molar-refractivity contribution in [3.63, 3.8) is 0 Å². The third kappa shape index (κ3) is 4.39. The molecule has 12 heavy (non-hydrogen) atoms. The lowest BCUT2D eigenvalue weighted by Crippen LogP contribution is -2.15. The first-order valence-corrected chi connectivity index (χ1v) is 4.34. The van der Waals surface area contributed by atoms with Gasteiger partial charge in [0.05, 0.1) is 0 Å². The van der Waals surface area contributed by atoms with Crippen molar-refractivity contribution in [2.24, 2.45) is 5.92 Å². The predicted octanol–water partition coefficient (Wildman–Crippen LogP) is 2.16. The second kappa shape index (κ2) is 6.06. The van der Waals surface area contributed by atoms with Crippen molar-refractivity contribution in [3.8, 4) is 0 Å². The summed E-state index contributed by atoms with van der Waals surface area (Å²) in [6.07, 6.45) is 1.90. The molecule has 0 saturated carbocycles. The standard InChI is InChI=1S/C10H19NO/c1-6-12-8-7-10(9(2)3)11(4)5/h7,9H,6H2,1-5H3/b10-7+. The molecule has 70 valence electrons. The second-order valence-corrected chi connectivity index (χ2v) is 3.17. The Balaban J connectivity index is 4.00. The van der Waals surface area contributed by atoms with Gasteiger partial charge in [-0.05, 0) is 18.9 Å². The van der Waals surface area contributed by atoms with Crippen LogP contribution in [0.5, 0.6) is 0 Å². The van der Waals surface area contributed by atoms with Gasteiger partial charge in [-0.1, -0.05) is 13.8 Å². The summed E-state index contributed by atoms with van der Waals surface area (Å²) in [5.41, 5.74) is 1.23. The van der Waals surface area contributed by atoms with Crippen molar-refractivity contribution < 1.29 is 4.74 Å². The van der Waals surface area contributed by atoms with E-state index in [-0.39, 0.29) is 0 Å². The lowest BCUT2D eigenvalue weighted by molar-refractivity contribution is 0.231. The van der Waals surface area contributed by atoms with E-state index < -0.39 is 0 Å². The Hall–Kier alpha value is -0.500. The molecule has 0 unspecified atom stereocenters. The van der Waals surface area contributed by atoms with Gasteiger partial charge >= 0.3 is 0 Å². The Kier molecular flexibility index (Phi) is 5.81. The third-order valence-corrected chi connectivity index (χ3v) is 1.54. The van der Waals surface area contributed by atoms with Crippen LogP contribution >= 0.6 is 0 Å². The summed E-state index contributed by atoms with van der Waals surface area (Å²) in [5.74, 6) is 0.507. The highest BCUT2D eigenvalue weighted by molar-refractivity contribution is 5.06. The van der Waals surface area contributed by atoms with Crippen LogP contribution in [-0.2, 0) is 4.74 Å². The van der Waals surface area contributed by atoms with Gasteiger partial charge in [0.25, 0.3) is 0 Å². The minimum Gasteiger partial charge on any atom is -0.381 e. The molecule has 0 heterocycles. The van der Waals surface area contributed by atoms with Gasteiger partial charge in [0.2, 0.25) is 0 Å².